The molecule has 1 saturated heterocycles. The molecule has 4 atom stereocenters. The molecule has 0 spiro atoms. The second kappa shape index (κ2) is 11.9. The average molecular weight is 576 g/mol. The number of nitroso groups, excluding NO2 is 1. The van der Waals surface area contributed by atoms with E-state index in [1.165, 1.54) is 7.11 Å². The van der Waals surface area contributed by atoms with Crippen LogP contribution in [0.4, 0.5) is 8.78 Å². The predicted molar refractivity (Wildman–Crippen MR) is 155 cm³/mol. The topological polar surface area (TPSA) is 81.1 Å². The molecule has 3 heterocycles. The summed E-state index contributed by atoms with van der Waals surface area (Å²) in [6.45, 7) is 3.27. The van der Waals surface area contributed by atoms with Gasteiger partial charge >= 0.3 is 0 Å². The summed E-state index contributed by atoms with van der Waals surface area (Å²) < 4.78 is 40.9. The largest absolute Gasteiger partial charge is 0.485 e. The Morgan fingerprint density at radius 1 is 1.14 bits per heavy atom. The fourth-order valence-electron chi connectivity index (χ4n) is 6.60. The molecule has 0 N–H and O–H groups in total. The zero-order chi connectivity index (χ0) is 29.4. The fourth-order valence-corrected chi connectivity index (χ4v) is 6.60. The highest BCUT2D eigenvalue weighted by molar-refractivity contribution is 5.80. The molecule has 42 heavy (non-hydrogen) atoms. The first-order valence-electron chi connectivity index (χ1n) is 14.7. The average Bonchev–Trinajstić information content (AvgIpc) is 3.76. The second-order valence-corrected chi connectivity index (χ2v) is 11.8. The van der Waals surface area contributed by atoms with Gasteiger partial charge in [-0.15, -0.1) is 4.91 Å². The Morgan fingerprint density at radius 2 is 1.98 bits per heavy atom. The molecule has 0 radical (unpaired) electrons. The number of nitrogens with zero attached hydrogens (tertiary/aromatic N) is 3. The molecule has 1 amide bonds. The van der Waals surface area contributed by atoms with Gasteiger partial charge in [-0.3, -0.25) is 9.69 Å². The summed E-state index contributed by atoms with van der Waals surface area (Å²) in [4.78, 5) is 29.2. The van der Waals surface area contributed by atoms with Crippen LogP contribution in [0, 0.1) is 22.6 Å². The standard InChI is InChI=1S/C33H35F2N3O4/c1-19(33(39)37-40)32(21-4-5-21)23-6-3-20-8-10-29(42-30(20)14-23)22-7-9-26(27-15-31(41-2)36-16-28(27)35)24(13-22)17-38-12-11-25(34)18-38/h3,6-7,9,13-16,19,21,25,29,32H,4-5,8,10-12,17-18H2,1-2H3/t19-,25-,29?,32?/m0/s1. The summed E-state index contributed by atoms with van der Waals surface area (Å²) in [5.41, 5.74) is 5.06. The van der Waals surface area contributed by atoms with Crippen LogP contribution in [0.25, 0.3) is 11.1 Å². The number of hydrogen-bond donors (Lipinski definition) is 0. The fraction of sp³-hybridized carbons (Fsp3) is 0.455. The number of aromatic nitrogens is 1. The third-order valence-corrected chi connectivity index (χ3v) is 9.01. The minimum absolute atomic E-state index is 0.0672. The first-order chi connectivity index (χ1) is 20.3. The number of amides is 1. The van der Waals surface area contributed by atoms with Crippen LogP contribution in [-0.4, -0.2) is 42.2 Å². The maximum atomic E-state index is 15.0. The molecule has 7 nitrogen and oxygen atoms in total. The van der Waals surface area contributed by atoms with Crippen LogP contribution < -0.4 is 9.47 Å². The van der Waals surface area contributed by atoms with Gasteiger partial charge in [0.15, 0.2) is 0 Å². The molecule has 0 bridgehead atoms. The molecule has 3 aromatic rings. The van der Waals surface area contributed by atoms with Crippen molar-refractivity contribution in [3.05, 3.63) is 81.6 Å². The Hall–Kier alpha value is -3.72. The maximum absolute atomic E-state index is 15.0. The second-order valence-electron chi connectivity index (χ2n) is 11.8. The summed E-state index contributed by atoms with van der Waals surface area (Å²) in [6, 6.07) is 13.7. The molecule has 6 rings (SSSR count). The van der Waals surface area contributed by atoms with E-state index in [4.69, 9.17) is 9.47 Å². The number of carbonyl (C=O) groups excluding carboxylic acids is 1. The number of aryl methyl sites for hydroxylation is 1. The quantitative estimate of drug-likeness (QED) is 0.258. The SMILES string of the molecule is COc1cc(-c2ccc(C3CCc4ccc(C(C5CC5)[C@H](C)C(=O)N=O)cc4O3)cc2CN2CC[C@H](F)C2)c(F)cn1. The number of alkyl halides is 1. The Kier molecular flexibility index (Phi) is 8.03. The number of rotatable bonds is 9. The van der Waals surface area contributed by atoms with Gasteiger partial charge in [0, 0.05) is 42.4 Å². The zero-order valence-electron chi connectivity index (χ0n) is 23.9. The van der Waals surface area contributed by atoms with Crippen LogP contribution >= 0.6 is 0 Å². The molecule has 220 valence electrons. The van der Waals surface area contributed by atoms with E-state index in [-0.39, 0.29) is 12.0 Å². The summed E-state index contributed by atoms with van der Waals surface area (Å²) in [5, 5.41) is 2.70. The van der Waals surface area contributed by atoms with Crippen molar-refractivity contribution in [2.24, 2.45) is 17.0 Å². The Morgan fingerprint density at radius 3 is 2.69 bits per heavy atom. The molecule has 2 unspecified atom stereocenters. The minimum atomic E-state index is -0.860. The zero-order valence-corrected chi connectivity index (χ0v) is 23.9. The van der Waals surface area contributed by atoms with Crippen LogP contribution in [0.5, 0.6) is 11.6 Å². The number of methoxy groups -OCH3 is 1. The van der Waals surface area contributed by atoms with Crippen molar-refractivity contribution in [2.45, 2.75) is 63.8 Å². The number of pyridine rings is 1. The van der Waals surface area contributed by atoms with E-state index in [9.17, 15) is 14.1 Å². The van der Waals surface area contributed by atoms with Gasteiger partial charge in [0.1, 0.15) is 23.8 Å². The smallest absolute Gasteiger partial charge is 0.289 e. The van der Waals surface area contributed by atoms with Crippen molar-refractivity contribution in [3.8, 4) is 22.8 Å². The van der Waals surface area contributed by atoms with Crippen LogP contribution in [0.3, 0.4) is 0 Å². The summed E-state index contributed by atoms with van der Waals surface area (Å²) in [6.07, 6.45) is 4.22. The lowest BCUT2D eigenvalue weighted by atomic mass is 9.82. The molecule has 3 aliphatic rings. The van der Waals surface area contributed by atoms with E-state index < -0.39 is 23.8 Å². The predicted octanol–water partition coefficient (Wildman–Crippen LogP) is 6.93. The van der Waals surface area contributed by atoms with Crippen LogP contribution in [0.2, 0.25) is 0 Å². The highest BCUT2D eigenvalue weighted by Gasteiger charge is 2.39. The molecule has 2 aromatic carbocycles. The number of hydrogen-bond acceptors (Lipinski definition) is 6. The van der Waals surface area contributed by atoms with Gasteiger partial charge in [-0.25, -0.2) is 13.8 Å². The van der Waals surface area contributed by atoms with E-state index in [0.29, 0.717) is 49.0 Å². The van der Waals surface area contributed by atoms with Crippen molar-refractivity contribution in [3.63, 3.8) is 0 Å². The van der Waals surface area contributed by atoms with Crippen molar-refractivity contribution in [1.82, 2.24) is 9.88 Å². The number of likely N-dealkylation sites (tertiary alicyclic amines) is 1. The molecular weight excluding hydrogens is 540 g/mol. The van der Waals surface area contributed by atoms with Gasteiger partial charge in [0.2, 0.25) is 5.88 Å². The van der Waals surface area contributed by atoms with Crippen LogP contribution in [-0.2, 0) is 17.8 Å². The lowest BCUT2D eigenvalue weighted by Gasteiger charge is -2.29. The summed E-state index contributed by atoms with van der Waals surface area (Å²) in [5.74, 6) is -0.155. The maximum Gasteiger partial charge on any atom is 0.289 e. The Bertz CT molecular complexity index is 1490. The summed E-state index contributed by atoms with van der Waals surface area (Å²) in [7, 11) is 1.49. The van der Waals surface area contributed by atoms with Crippen molar-refractivity contribution in [2.75, 3.05) is 20.2 Å². The van der Waals surface area contributed by atoms with E-state index >= 15 is 4.39 Å². The number of ether oxygens (including phenoxy) is 2. The molecule has 1 aliphatic carbocycles. The molecule has 9 heteroatoms. The lowest BCUT2D eigenvalue weighted by Crippen LogP contribution is -2.22. The Labute approximate surface area is 244 Å². The van der Waals surface area contributed by atoms with Crippen LogP contribution in [0.15, 0.2) is 53.8 Å². The third kappa shape index (κ3) is 5.79. The third-order valence-electron chi connectivity index (χ3n) is 9.01. The molecular formula is C33H35F2N3O4. The highest BCUT2D eigenvalue weighted by Crippen LogP contribution is 2.48. The van der Waals surface area contributed by atoms with Gasteiger partial charge < -0.3 is 9.47 Å². The number of halogens is 2. The first kappa shape index (κ1) is 28.4. The normalized spacial score (nSPS) is 21.7. The van der Waals surface area contributed by atoms with E-state index in [0.717, 1.165) is 59.9 Å². The lowest BCUT2D eigenvalue weighted by molar-refractivity contribution is -0.122. The molecule has 1 aromatic heterocycles. The number of benzene rings is 2. The van der Waals surface area contributed by atoms with Crippen LogP contribution in [0.1, 0.15) is 66.9 Å². The highest BCUT2D eigenvalue weighted by atomic mass is 19.1. The molecule has 1 saturated carbocycles. The number of fused-ring (bicyclic) bond motifs is 1. The van der Waals surface area contributed by atoms with E-state index in [1.807, 2.05) is 18.2 Å². The molecule has 2 fully saturated rings. The first-order valence-corrected chi connectivity index (χ1v) is 14.7. The monoisotopic (exact) mass is 575 g/mol. The van der Waals surface area contributed by atoms with Gasteiger partial charge in [-0.05, 0) is 77.8 Å². The van der Waals surface area contributed by atoms with Crippen molar-refractivity contribution < 1.29 is 23.0 Å². The Balaban J connectivity index is 1.31. The van der Waals surface area contributed by atoms with Gasteiger partial charge in [0.05, 0.1) is 13.3 Å². The van der Waals surface area contributed by atoms with E-state index in [1.54, 1.807) is 13.0 Å². The minimum Gasteiger partial charge on any atom is -0.485 e. The van der Waals surface area contributed by atoms with Gasteiger partial charge in [-0.1, -0.05) is 37.3 Å². The number of carbonyl (C=O) groups is 1. The molecule has 2 aliphatic heterocycles. The van der Waals surface area contributed by atoms with Gasteiger partial charge in [-0.2, -0.15) is 0 Å². The van der Waals surface area contributed by atoms with Crippen molar-refractivity contribution in [1.29, 1.82) is 0 Å². The van der Waals surface area contributed by atoms with E-state index in [2.05, 4.69) is 33.3 Å². The summed E-state index contributed by atoms with van der Waals surface area (Å²) >= 11 is 0. The van der Waals surface area contributed by atoms with Crippen molar-refractivity contribution >= 4 is 5.91 Å². The van der Waals surface area contributed by atoms with Gasteiger partial charge in [0.25, 0.3) is 5.91 Å².